The highest BCUT2D eigenvalue weighted by molar-refractivity contribution is 5.44. The van der Waals surface area contributed by atoms with E-state index in [0.29, 0.717) is 11.8 Å². The summed E-state index contributed by atoms with van der Waals surface area (Å²) in [4.78, 5) is 24.4. The summed E-state index contributed by atoms with van der Waals surface area (Å²) in [5, 5.41) is 0. The van der Waals surface area contributed by atoms with Crippen molar-refractivity contribution in [3.63, 3.8) is 0 Å². The van der Waals surface area contributed by atoms with E-state index in [1.54, 1.807) is 16.4 Å². The van der Waals surface area contributed by atoms with Gasteiger partial charge >= 0.3 is 11.4 Å². The first-order valence-electron chi connectivity index (χ1n) is 7.00. The van der Waals surface area contributed by atoms with Crippen molar-refractivity contribution in [2.45, 2.75) is 31.3 Å². The van der Waals surface area contributed by atoms with E-state index in [9.17, 15) is 9.59 Å². The van der Waals surface area contributed by atoms with Crippen LogP contribution in [0.1, 0.15) is 31.3 Å². The number of aromatic nitrogens is 3. The zero-order valence-electron chi connectivity index (χ0n) is 10.7. The molecular formula is C14H15N3O2. The van der Waals surface area contributed by atoms with Crippen LogP contribution < -0.4 is 11.4 Å². The molecule has 2 heterocycles. The number of allylic oxidation sites excluding steroid dienone is 4. The Hall–Kier alpha value is -1.78. The lowest BCUT2D eigenvalue weighted by molar-refractivity contribution is 0.373. The van der Waals surface area contributed by atoms with Crippen LogP contribution in [0.2, 0.25) is 0 Å². The summed E-state index contributed by atoms with van der Waals surface area (Å²) >= 11 is 0. The lowest BCUT2D eigenvalue weighted by Gasteiger charge is -2.38. The van der Waals surface area contributed by atoms with E-state index < -0.39 is 0 Å². The lowest BCUT2D eigenvalue weighted by atomic mass is 9.71. The third kappa shape index (κ3) is 0.904. The van der Waals surface area contributed by atoms with Gasteiger partial charge in [-0.25, -0.2) is 23.5 Å². The largest absolute Gasteiger partial charge is 0.347 e. The fourth-order valence-corrected chi connectivity index (χ4v) is 4.71. The van der Waals surface area contributed by atoms with Crippen LogP contribution >= 0.6 is 0 Å². The van der Waals surface area contributed by atoms with Crippen molar-refractivity contribution >= 4 is 0 Å². The van der Waals surface area contributed by atoms with Gasteiger partial charge in [0.2, 0.25) is 0 Å². The standard InChI is InChI=1S/C14H15N3O2/c1-15-13(18)16-9-6-10(17(16)14(15)19)12-8-3-2-7(4-5-8)11(9)12/h2-3,7-10H,4-6H2,1H3/t7-,8-,9-,10+/m0/s1. The van der Waals surface area contributed by atoms with Crippen LogP contribution in [0.4, 0.5) is 0 Å². The number of hydrogen-bond donors (Lipinski definition) is 0. The third-order valence-electron chi connectivity index (χ3n) is 5.45. The highest BCUT2D eigenvalue weighted by atomic mass is 16.2. The SMILES string of the molecule is Cn1c(=O)n2n(c1=O)[C@H]1C[C@@H]2C2=C1[C@H]1C=C[C@H]2CC1. The predicted octanol–water partition coefficient (Wildman–Crippen LogP) is 0.741. The molecule has 0 spiro atoms. The summed E-state index contributed by atoms with van der Waals surface area (Å²) in [7, 11) is 1.58. The molecule has 0 unspecified atom stereocenters. The van der Waals surface area contributed by atoms with Crippen molar-refractivity contribution in [1.29, 1.82) is 0 Å². The second-order valence-corrected chi connectivity index (χ2v) is 6.17. The van der Waals surface area contributed by atoms with E-state index in [0.717, 1.165) is 6.42 Å². The summed E-state index contributed by atoms with van der Waals surface area (Å²) in [6.07, 6.45) is 7.95. The van der Waals surface area contributed by atoms with Gasteiger partial charge in [0, 0.05) is 25.3 Å². The van der Waals surface area contributed by atoms with Crippen LogP contribution in [0, 0.1) is 11.8 Å². The maximum atomic E-state index is 12.2. The minimum atomic E-state index is -0.158. The molecule has 5 aliphatic rings. The Bertz CT molecular complexity index is 727. The topological polar surface area (TPSA) is 48.9 Å². The lowest BCUT2D eigenvalue weighted by Crippen LogP contribution is -2.35. The Morgan fingerprint density at radius 1 is 0.947 bits per heavy atom. The van der Waals surface area contributed by atoms with Crippen LogP contribution in [0.5, 0.6) is 0 Å². The number of hydrogen-bond acceptors (Lipinski definition) is 2. The first-order chi connectivity index (χ1) is 9.18. The molecular weight excluding hydrogens is 242 g/mol. The molecule has 0 aromatic carbocycles. The Morgan fingerprint density at radius 3 is 1.84 bits per heavy atom. The molecule has 0 N–H and O–H groups in total. The van der Waals surface area contributed by atoms with Crippen molar-refractivity contribution in [2.24, 2.45) is 18.9 Å². The van der Waals surface area contributed by atoms with Crippen LogP contribution in [0.15, 0.2) is 32.9 Å². The molecule has 98 valence electrons. The van der Waals surface area contributed by atoms with E-state index in [4.69, 9.17) is 0 Å². The molecule has 5 heteroatoms. The quantitative estimate of drug-likeness (QED) is 0.644. The second-order valence-electron chi connectivity index (χ2n) is 6.17. The van der Waals surface area contributed by atoms with Gasteiger partial charge in [0.25, 0.3) is 0 Å². The molecule has 0 saturated heterocycles. The zero-order chi connectivity index (χ0) is 12.9. The number of nitrogens with zero attached hydrogens (tertiary/aromatic N) is 3. The normalized spacial score (nSPS) is 37.1. The molecule has 4 atom stereocenters. The van der Waals surface area contributed by atoms with E-state index in [1.807, 2.05) is 0 Å². The van der Waals surface area contributed by atoms with E-state index in [-0.39, 0.29) is 23.5 Å². The predicted molar refractivity (Wildman–Crippen MR) is 69.0 cm³/mol. The van der Waals surface area contributed by atoms with Gasteiger partial charge in [-0.15, -0.1) is 0 Å². The summed E-state index contributed by atoms with van der Waals surface area (Å²) < 4.78 is 4.66. The van der Waals surface area contributed by atoms with Gasteiger partial charge in [0.1, 0.15) is 0 Å². The highest BCUT2D eigenvalue weighted by Crippen LogP contribution is 2.58. The molecule has 4 bridgehead atoms. The Kier molecular flexibility index (Phi) is 1.52. The van der Waals surface area contributed by atoms with Gasteiger partial charge in [0.15, 0.2) is 0 Å². The first-order valence-corrected chi connectivity index (χ1v) is 7.00. The number of rotatable bonds is 0. The van der Waals surface area contributed by atoms with Crippen molar-refractivity contribution < 1.29 is 0 Å². The molecule has 1 aromatic rings. The van der Waals surface area contributed by atoms with Crippen molar-refractivity contribution in [2.75, 3.05) is 0 Å². The van der Waals surface area contributed by atoms with Crippen LogP contribution in [0.25, 0.3) is 0 Å². The van der Waals surface area contributed by atoms with Gasteiger partial charge in [0.05, 0.1) is 12.1 Å². The third-order valence-corrected chi connectivity index (χ3v) is 5.45. The molecule has 4 aliphatic carbocycles. The van der Waals surface area contributed by atoms with Crippen molar-refractivity contribution in [1.82, 2.24) is 13.9 Å². The van der Waals surface area contributed by atoms with Crippen LogP contribution in [-0.4, -0.2) is 13.9 Å². The van der Waals surface area contributed by atoms with Gasteiger partial charge < -0.3 is 0 Å². The summed E-state index contributed by atoms with van der Waals surface area (Å²) in [5.74, 6) is 1.01. The van der Waals surface area contributed by atoms with Crippen LogP contribution in [-0.2, 0) is 7.05 Å². The molecule has 0 amide bonds. The fraction of sp³-hybridized carbons (Fsp3) is 0.571. The van der Waals surface area contributed by atoms with Crippen molar-refractivity contribution in [3.05, 3.63) is 44.3 Å². The maximum Gasteiger partial charge on any atom is 0.347 e. The fourth-order valence-electron chi connectivity index (χ4n) is 4.71. The number of fused-ring (bicyclic) bond motifs is 6. The van der Waals surface area contributed by atoms with Gasteiger partial charge in [-0.1, -0.05) is 12.2 Å². The smallest absolute Gasteiger partial charge is 0.246 e. The van der Waals surface area contributed by atoms with Gasteiger partial charge in [-0.05, 0) is 24.0 Å². The molecule has 0 fully saturated rings. The summed E-state index contributed by atoms with van der Waals surface area (Å²) in [6.45, 7) is 0. The first kappa shape index (κ1) is 10.1. The summed E-state index contributed by atoms with van der Waals surface area (Å²) in [5.41, 5.74) is 2.59. The minimum absolute atomic E-state index is 0.138. The second kappa shape index (κ2) is 2.86. The maximum absolute atomic E-state index is 12.2. The van der Waals surface area contributed by atoms with Gasteiger partial charge in [-0.3, -0.25) is 0 Å². The molecule has 1 aliphatic heterocycles. The Labute approximate surface area is 109 Å². The minimum Gasteiger partial charge on any atom is -0.246 e. The van der Waals surface area contributed by atoms with Gasteiger partial charge in [-0.2, -0.15) is 0 Å². The Morgan fingerprint density at radius 2 is 1.42 bits per heavy atom. The molecule has 0 saturated carbocycles. The summed E-state index contributed by atoms with van der Waals surface area (Å²) in [6, 6.07) is 0.276. The monoisotopic (exact) mass is 257 g/mol. The molecule has 0 radical (unpaired) electrons. The molecule has 6 rings (SSSR count). The molecule has 5 nitrogen and oxygen atoms in total. The highest BCUT2D eigenvalue weighted by Gasteiger charge is 2.51. The molecule has 1 aromatic heterocycles. The zero-order valence-corrected chi connectivity index (χ0v) is 10.7. The van der Waals surface area contributed by atoms with E-state index in [1.165, 1.54) is 28.6 Å². The molecule has 19 heavy (non-hydrogen) atoms. The Balaban J connectivity index is 1.82. The van der Waals surface area contributed by atoms with E-state index >= 15 is 0 Å². The average Bonchev–Trinajstić information content (AvgIpc) is 3.09. The van der Waals surface area contributed by atoms with Crippen molar-refractivity contribution in [3.8, 4) is 0 Å². The van der Waals surface area contributed by atoms with Crippen LogP contribution in [0.3, 0.4) is 0 Å². The average molecular weight is 257 g/mol. The van der Waals surface area contributed by atoms with E-state index in [2.05, 4.69) is 12.2 Å².